The molecule has 4 nitrogen and oxygen atoms in total. The Balaban J connectivity index is 2.74. The van der Waals surface area contributed by atoms with E-state index in [1.807, 2.05) is 27.7 Å². The van der Waals surface area contributed by atoms with Gasteiger partial charge in [0, 0.05) is 5.69 Å². The summed E-state index contributed by atoms with van der Waals surface area (Å²) < 4.78 is 5.49. The topological polar surface area (TPSA) is 50.4 Å². The summed E-state index contributed by atoms with van der Waals surface area (Å²) in [5.41, 5.74) is 0.0355. The third kappa shape index (κ3) is 4.69. The van der Waals surface area contributed by atoms with E-state index in [2.05, 4.69) is 10.6 Å². The molecule has 0 aliphatic heterocycles. The molecule has 0 heterocycles. The van der Waals surface area contributed by atoms with Crippen LogP contribution >= 0.6 is 11.6 Å². The first-order chi connectivity index (χ1) is 9.40. The van der Waals surface area contributed by atoms with Crippen molar-refractivity contribution in [3.8, 4) is 5.75 Å². The van der Waals surface area contributed by atoms with Gasteiger partial charge in [-0.3, -0.25) is 4.79 Å². The highest BCUT2D eigenvalue weighted by Gasteiger charge is 2.26. The van der Waals surface area contributed by atoms with Crippen molar-refractivity contribution >= 4 is 23.2 Å². The number of likely N-dealkylation sites (N-methyl/N-ethyl adjacent to an activating group) is 1. The van der Waals surface area contributed by atoms with E-state index in [0.29, 0.717) is 23.1 Å². The Bertz CT molecular complexity index is 461. The van der Waals surface area contributed by atoms with Crippen LogP contribution in [0.3, 0.4) is 0 Å². The molecule has 1 aromatic carbocycles. The number of carbonyl (C=O) groups is 1. The summed E-state index contributed by atoms with van der Waals surface area (Å²) in [5.74, 6) is 0.537. The van der Waals surface area contributed by atoms with E-state index in [-0.39, 0.29) is 5.91 Å². The number of nitrogens with one attached hydrogen (secondary N) is 2. The van der Waals surface area contributed by atoms with Crippen molar-refractivity contribution in [1.29, 1.82) is 0 Å². The molecule has 0 spiro atoms. The summed E-state index contributed by atoms with van der Waals surface area (Å²) in [6.45, 7) is 9.03. The summed E-state index contributed by atoms with van der Waals surface area (Å²) in [7, 11) is 0. The van der Waals surface area contributed by atoms with E-state index in [4.69, 9.17) is 16.3 Å². The number of halogens is 1. The molecular formula is C15H23ClN2O2. The fourth-order valence-electron chi connectivity index (χ4n) is 1.72. The molecule has 1 amide bonds. The maximum atomic E-state index is 12.1. The largest absolute Gasteiger partial charge is 0.492 e. The molecule has 20 heavy (non-hydrogen) atoms. The number of hydrogen-bond donors (Lipinski definition) is 2. The molecule has 0 bridgehead atoms. The summed E-state index contributed by atoms with van der Waals surface area (Å²) >= 11 is 6.13. The fraction of sp³-hybridized carbons (Fsp3) is 0.533. The van der Waals surface area contributed by atoms with E-state index in [0.717, 1.165) is 13.0 Å². The molecular weight excluding hydrogens is 276 g/mol. The lowest BCUT2D eigenvalue weighted by atomic mass is 10.0. The average Bonchev–Trinajstić information content (AvgIpc) is 2.37. The predicted octanol–water partition coefficient (Wildman–Crippen LogP) is 3.46. The molecule has 0 aliphatic rings. The molecule has 0 saturated heterocycles. The second-order valence-electron chi connectivity index (χ2n) is 5.10. The molecule has 0 radical (unpaired) electrons. The van der Waals surface area contributed by atoms with Crippen molar-refractivity contribution in [2.75, 3.05) is 18.5 Å². The molecule has 0 unspecified atom stereocenters. The second kappa shape index (κ2) is 7.50. The first kappa shape index (κ1) is 16.8. The normalized spacial score (nSPS) is 11.2. The van der Waals surface area contributed by atoms with Crippen LogP contribution in [0.25, 0.3) is 0 Å². The zero-order valence-electron chi connectivity index (χ0n) is 12.5. The number of rotatable bonds is 7. The third-order valence-corrected chi connectivity index (χ3v) is 3.13. The Morgan fingerprint density at radius 1 is 1.35 bits per heavy atom. The molecule has 0 atom stereocenters. The first-order valence-corrected chi connectivity index (χ1v) is 7.27. The van der Waals surface area contributed by atoms with Crippen LogP contribution in [0, 0.1) is 0 Å². The van der Waals surface area contributed by atoms with Crippen LogP contribution < -0.4 is 15.4 Å². The van der Waals surface area contributed by atoms with E-state index < -0.39 is 5.54 Å². The van der Waals surface area contributed by atoms with E-state index in [1.165, 1.54) is 0 Å². The van der Waals surface area contributed by atoms with Crippen LogP contribution in [0.2, 0.25) is 5.02 Å². The van der Waals surface area contributed by atoms with Gasteiger partial charge >= 0.3 is 0 Å². The van der Waals surface area contributed by atoms with Gasteiger partial charge in [-0.2, -0.15) is 0 Å². The first-order valence-electron chi connectivity index (χ1n) is 6.89. The van der Waals surface area contributed by atoms with Crippen LogP contribution in [0.1, 0.15) is 34.1 Å². The van der Waals surface area contributed by atoms with E-state index >= 15 is 0 Å². The van der Waals surface area contributed by atoms with E-state index in [9.17, 15) is 4.79 Å². The Labute approximate surface area is 125 Å². The van der Waals surface area contributed by atoms with Gasteiger partial charge in [0.25, 0.3) is 0 Å². The zero-order valence-corrected chi connectivity index (χ0v) is 13.3. The highest BCUT2D eigenvalue weighted by molar-refractivity contribution is 6.32. The Hall–Kier alpha value is -1.26. The quantitative estimate of drug-likeness (QED) is 0.810. The van der Waals surface area contributed by atoms with Gasteiger partial charge in [-0.25, -0.2) is 0 Å². The maximum absolute atomic E-state index is 12.1. The van der Waals surface area contributed by atoms with Gasteiger partial charge in [0.15, 0.2) is 0 Å². The maximum Gasteiger partial charge on any atom is 0.244 e. The smallest absolute Gasteiger partial charge is 0.244 e. The van der Waals surface area contributed by atoms with Crippen molar-refractivity contribution in [2.45, 2.75) is 39.7 Å². The van der Waals surface area contributed by atoms with Crippen molar-refractivity contribution < 1.29 is 9.53 Å². The second-order valence-corrected chi connectivity index (χ2v) is 5.51. The van der Waals surface area contributed by atoms with Crippen LogP contribution in [-0.2, 0) is 4.79 Å². The Morgan fingerprint density at radius 2 is 2.05 bits per heavy atom. The van der Waals surface area contributed by atoms with Crippen LogP contribution in [0.15, 0.2) is 18.2 Å². The minimum atomic E-state index is -0.626. The highest BCUT2D eigenvalue weighted by Crippen LogP contribution is 2.28. The van der Waals surface area contributed by atoms with Crippen molar-refractivity contribution in [1.82, 2.24) is 5.32 Å². The monoisotopic (exact) mass is 298 g/mol. The minimum absolute atomic E-state index is 0.0994. The van der Waals surface area contributed by atoms with Crippen LogP contribution in [0.5, 0.6) is 5.75 Å². The zero-order chi connectivity index (χ0) is 15.2. The Morgan fingerprint density at radius 3 is 2.60 bits per heavy atom. The van der Waals surface area contributed by atoms with E-state index in [1.54, 1.807) is 18.2 Å². The van der Waals surface area contributed by atoms with Crippen molar-refractivity contribution in [3.63, 3.8) is 0 Å². The standard InChI is InChI=1S/C15H23ClN2O2/c1-5-9-20-13-8-7-11(10-12(13)16)18-14(19)15(3,4)17-6-2/h7-8,10,17H,5-6,9H2,1-4H3,(H,18,19). The molecule has 112 valence electrons. The Kier molecular flexibility index (Phi) is 6.30. The van der Waals surface area contributed by atoms with Crippen LogP contribution in [0.4, 0.5) is 5.69 Å². The third-order valence-electron chi connectivity index (χ3n) is 2.84. The number of ether oxygens (including phenoxy) is 1. The summed E-state index contributed by atoms with van der Waals surface area (Å²) in [5, 5.41) is 6.47. The SMILES string of the molecule is CCCOc1ccc(NC(=O)C(C)(C)NCC)cc1Cl. The molecule has 1 rings (SSSR count). The van der Waals surface area contributed by atoms with Gasteiger partial charge < -0.3 is 15.4 Å². The lowest BCUT2D eigenvalue weighted by Crippen LogP contribution is -2.49. The molecule has 5 heteroatoms. The molecule has 1 aromatic rings. The van der Waals surface area contributed by atoms with Crippen LogP contribution in [-0.4, -0.2) is 24.6 Å². The highest BCUT2D eigenvalue weighted by atomic mass is 35.5. The molecule has 0 aromatic heterocycles. The molecule has 0 aliphatic carbocycles. The minimum Gasteiger partial charge on any atom is -0.492 e. The summed E-state index contributed by atoms with van der Waals surface area (Å²) in [6.07, 6.45) is 0.922. The van der Waals surface area contributed by atoms with Crippen molar-refractivity contribution in [3.05, 3.63) is 23.2 Å². The predicted molar refractivity (Wildman–Crippen MR) is 83.6 cm³/mol. The number of amides is 1. The summed E-state index contributed by atoms with van der Waals surface area (Å²) in [4.78, 5) is 12.1. The number of benzene rings is 1. The molecule has 0 saturated carbocycles. The number of carbonyl (C=O) groups excluding carboxylic acids is 1. The van der Waals surface area contributed by atoms with Gasteiger partial charge in [-0.15, -0.1) is 0 Å². The molecule has 2 N–H and O–H groups in total. The average molecular weight is 299 g/mol. The van der Waals surface area contributed by atoms with Gasteiger partial charge in [0.05, 0.1) is 17.2 Å². The number of anilines is 1. The molecule has 0 fully saturated rings. The lowest BCUT2D eigenvalue weighted by Gasteiger charge is -2.24. The van der Waals surface area contributed by atoms with Gasteiger partial charge in [0.1, 0.15) is 5.75 Å². The number of hydrogen-bond acceptors (Lipinski definition) is 3. The van der Waals surface area contributed by atoms with Gasteiger partial charge in [-0.05, 0) is 45.0 Å². The van der Waals surface area contributed by atoms with Gasteiger partial charge in [-0.1, -0.05) is 25.4 Å². The van der Waals surface area contributed by atoms with Crippen molar-refractivity contribution in [2.24, 2.45) is 0 Å². The lowest BCUT2D eigenvalue weighted by molar-refractivity contribution is -0.121. The fourth-order valence-corrected chi connectivity index (χ4v) is 1.95. The summed E-state index contributed by atoms with van der Waals surface area (Å²) in [6, 6.07) is 5.26. The van der Waals surface area contributed by atoms with Gasteiger partial charge in [0.2, 0.25) is 5.91 Å².